The van der Waals surface area contributed by atoms with Crippen LogP contribution < -0.4 is 5.73 Å². The predicted molar refractivity (Wildman–Crippen MR) is 58.8 cm³/mol. The van der Waals surface area contributed by atoms with Crippen LogP contribution in [0.5, 0.6) is 0 Å². The maximum Gasteiger partial charge on any atom is 0.273 e. The van der Waals surface area contributed by atoms with Gasteiger partial charge in [0.25, 0.3) is 5.91 Å². The summed E-state index contributed by atoms with van der Waals surface area (Å²) in [4.78, 5) is 17.7. The fourth-order valence-electron chi connectivity index (χ4n) is 1.68. The molecule has 1 aliphatic rings. The molecule has 1 aliphatic heterocycles. The zero-order valence-corrected chi connectivity index (χ0v) is 9.00. The third-order valence-corrected chi connectivity index (χ3v) is 2.75. The standard InChI is InChI=1S/C10H12ClN3O/c11-8-5-7(12)6-13-9(8)10(15)14-3-1-2-4-14/h5-6H,1-4,12H2. The number of pyridine rings is 1. The van der Waals surface area contributed by atoms with E-state index < -0.39 is 0 Å². The molecular formula is C10H12ClN3O. The Bertz CT molecular complexity index is 388. The zero-order chi connectivity index (χ0) is 10.8. The normalized spacial score (nSPS) is 15.7. The smallest absolute Gasteiger partial charge is 0.273 e. The molecule has 0 radical (unpaired) electrons. The second-order valence-corrected chi connectivity index (χ2v) is 4.01. The number of amides is 1. The Labute approximate surface area is 93.0 Å². The number of nitrogens with two attached hydrogens (primary N) is 1. The molecule has 1 aromatic rings. The number of likely N-dealkylation sites (tertiary alicyclic amines) is 1. The van der Waals surface area contributed by atoms with Crippen LogP contribution in [0.1, 0.15) is 23.3 Å². The first-order valence-corrected chi connectivity index (χ1v) is 5.26. The number of carbonyl (C=O) groups excluding carboxylic acids is 1. The summed E-state index contributed by atoms with van der Waals surface area (Å²) in [5.74, 6) is -0.0995. The Hall–Kier alpha value is -1.29. The molecule has 0 atom stereocenters. The molecule has 0 unspecified atom stereocenters. The van der Waals surface area contributed by atoms with Gasteiger partial charge in [-0.2, -0.15) is 0 Å². The zero-order valence-electron chi connectivity index (χ0n) is 8.24. The Morgan fingerprint density at radius 1 is 1.47 bits per heavy atom. The van der Waals surface area contributed by atoms with E-state index in [0.29, 0.717) is 16.4 Å². The molecule has 0 bridgehead atoms. The molecule has 1 amide bonds. The highest BCUT2D eigenvalue weighted by atomic mass is 35.5. The fourth-order valence-corrected chi connectivity index (χ4v) is 1.94. The van der Waals surface area contributed by atoms with Crippen LogP contribution in [0, 0.1) is 0 Å². The summed E-state index contributed by atoms with van der Waals surface area (Å²) in [6.07, 6.45) is 3.56. The third-order valence-electron chi connectivity index (χ3n) is 2.46. The lowest BCUT2D eigenvalue weighted by Crippen LogP contribution is -2.28. The van der Waals surface area contributed by atoms with Gasteiger partial charge in [-0.1, -0.05) is 11.6 Å². The summed E-state index contributed by atoms with van der Waals surface area (Å²) in [6.45, 7) is 1.59. The van der Waals surface area contributed by atoms with Gasteiger partial charge in [0.1, 0.15) is 5.69 Å². The third kappa shape index (κ3) is 2.04. The largest absolute Gasteiger partial charge is 0.397 e. The van der Waals surface area contributed by atoms with E-state index in [1.807, 2.05) is 0 Å². The minimum absolute atomic E-state index is 0.0995. The van der Waals surface area contributed by atoms with Crippen LogP contribution >= 0.6 is 11.6 Å². The molecule has 1 saturated heterocycles. The molecule has 0 saturated carbocycles. The van der Waals surface area contributed by atoms with E-state index in [9.17, 15) is 4.79 Å². The summed E-state index contributed by atoms with van der Waals surface area (Å²) in [7, 11) is 0. The molecule has 1 fully saturated rings. The minimum Gasteiger partial charge on any atom is -0.397 e. The first-order valence-electron chi connectivity index (χ1n) is 4.89. The Kier molecular flexibility index (Phi) is 2.77. The van der Waals surface area contributed by atoms with Crippen LogP contribution in [0.15, 0.2) is 12.3 Å². The number of aromatic nitrogens is 1. The number of carbonyl (C=O) groups is 1. The van der Waals surface area contributed by atoms with Crippen molar-refractivity contribution in [3.05, 3.63) is 23.0 Å². The first kappa shape index (κ1) is 10.2. The van der Waals surface area contributed by atoms with Crippen LogP contribution in [0.2, 0.25) is 5.02 Å². The monoisotopic (exact) mass is 225 g/mol. The van der Waals surface area contributed by atoms with Crippen LogP contribution in [0.25, 0.3) is 0 Å². The van der Waals surface area contributed by atoms with E-state index in [4.69, 9.17) is 17.3 Å². The van der Waals surface area contributed by atoms with Gasteiger partial charge in [-0.3, -0.25) is 4.79 Å². The summed E-state index contributed by atoms with van der Waals surface area (Å²) in [6, 6.07) is 1.55. The average molecular weight is 226 g/mol. The van der Waals surface area contributed by atoms with Crippen LogP contribution in [-0.2, 0) is 0 Å². The number of rotatable bonds is 1. The van der Waals surface area contributed by atoms with Gasteiger partial charge in [0.2, 0.25) is 0 Å². The molecule has 0 spiro atoms. The fraction of sp³-hybridized carbons (Fsp3) is 0.400. The average Bonchev–Trinajstić information content (AvgIpc) is 2.69. The lowest BCUT2D eigenvalue weighted by Gasteiger charge is -2.15. The van der Waals surface area contributed by atoms with Crippen molar-refractivity contribution in [2.45, 2.75) is 12.8 Å². The lowest BCUT2D eigenvalue weighted by molar-refractivity contribution is 0.0787. The lowest BCUT2D eigenvalue weighted by atomic mass is 10.3. The number of hydrogen-bond donors (Lipinski definition) is 1. The van der Waals surface area contributed by atoms with Gasteiger partial charge in [0.15, 0.2) is 0 Å². The van der Waals surface area contributed by atoms with Crippen molar-refractivity contribution in [1.82, 2.24) is 9.88 Å². The first-order chi connectivity index (χ1) is 7.18. The Balaban J connectivity index is 2.24. The van der Waals surface area contributed by atoms with E-state index in [0.717, 1.165) is 25.9 Å². The van der Waals surface area contributed by atoms with Crippen molar-refractivity contribution in [3.63, 3.8) is 0 Å². The molecule has 15 heavy (non-hydrogen) atoms. The number of nitrogen functional groups attached to an aromatic ring is 1. The topological polar surface area (TPSA) is 59.2 Å². The van der Waals surface area contributed by atoms with Gasteiger partial charge in [0, 0.05) is 13.1 Å². The van der Waals surface area contributed by atoms with E-state index in [1.165, 1.54) is 6.20 Å². The van der Waals surface area contributed by atoms with E-state index in [-0.39, 0.29) is 5.91 Å². The molecule has 1 aromatic heterocycles. The predicted octanol–water partition coefficient (Wildman–Crippen LogP) is 1.55. The number of nitrogens with zero attached hydrogens (tertiary/aromatic N) is 2. The quantitative estimate of drug-likeness (QED) is 0.789. The van der Waals surface area contributed by atoms with Crippen molar-refractivity contribution in [1.29, 1.82) is 0 Å². The van der Waals surface area contributed by atoms with Crippen LogP contribution in [0.3, 0.4) is 0 Å². The highest BCUT2D eigenvalue weighted by Gasteiger charge is 2.22. The van der Waals surface area contributed by atoms with Gasteiger partial charge in [-0.05, 0) is 18.9 Å². The van der Waals surface area contributed by atoms with Crippen molar-refractivity contribution < 1.29 is 4.79 Å². The minimum atomic E-state index is -0.0995. The van der Waals surface area contributed by atoms with Gasteiger partial charge >= 0.3 is 0 Å². The molecule has 0 aromatic carbocycles. The maximum absolute atomic E-state index is 11.9. The van der Waals surface area contributed by atoms with Crippen molar-refractivity contribution >= 4 is 23.2 Å². The number of halogens is 1. The van der Waals surface area contributed by atoms with Gasteiger partial charge in [-0.15, -0.1) is 0 Å². The van der Waals surface area contributed by atoms with E-state index in [2.05, 4.69) is 4.98 Å². The molecule has 4 nitrogen and oxygen atoms in total. The molecule has 5 heteroatoms. The second-order valence-electron chi connectivity index (χ2n) is 3.60. The molecule has 2 N–H and O–H groups in total. The number of hydrogen-bond acceptors (Lipinski definition) is 3. The molecule has 2 rings (SSSR count). The van der Waals surface area contributed by atoms with Gasteiger partial charge in [0.05, 0.1) is 16.9 Å². The Morgan fingerprint density at radius 2 is 2.13 bits per heavy atom. The molecule has 2 heterocycles. The highest BCUT2D eigenvalue weighted by molar-refractivity contribution is 6.33. The molecular weight excluding hydrogens is 214 g/mol. The van der Waals surface area contributed by atoms with Crippen molar-refractivity contribution in [2.24, 2.45) is 0 Å². The SMILES string of the molecule is Nc1cnc(C(=O)N2CCCC2)c(Cl)c1. The van der Waals surface area contributed by atoms with E-state index in [1.54, 1.807) is 11.0 Å². The summed E-state index contributed by atoms with van der Waals surface area (Å²) < 4.78 is 0. The van der Waals surface area contributed by atoms with Crippen LogP contribution in [0.4, 0.5) is 5.69 Å². The summed E-state index contributed by atoms with van der Waals surface area (Å²) >= 11 is 5.91. The van der Waals surface area contributed by atoms with Crippen molar-refractivity contribution in [2.75, 3.05) is 18.8 Å². The van der Waals surface area contributed by atoms with Crippen molar-refractivity contribution in [3.8, 4) is 0 Å². The number of anilines is 1. The van der Waals surface area contributed by atoms with E-state index >= 15 is 0 Å². The molecule has 0 aliphatic carbocycles. The summed E-state index contributed by atoms with van der Waals surface area (Å²) in [5, 5.41) is 0.326. The van der Waals surface area contributed by atoms with Crippen LogP contribution in [-0.4, -0.2) is 28.9 Å². The maximum atomic E-state index is 11.9. The summed E-state index contributed by atoms with van der Waals surface area (Å²) in [5.41, 5.74) is 6.28. The van der Waals surface area contributed by atoms with Gasteiger partial charge in [-0.25, -0.2) is 4.98 Å². The molecule has 80 valence electrons. The second kappa shape index (κ2) is 4.06. The Morgan fingerprint density at radius 3 is 2.73 bits per heavy atom. The van der Waals surface area contributed by atoms with Gasteiger partial charge < -0.3 is 10.6 Å². The highest BCUT2D eigenvalue weighted by Crippen LogP contribution is 2.20.